The first-order chi connectivity index (χ1) is 15.3. The Kier molecular flexibility index (Phi) is 5.36. The average Bonchev–Trinajstić information content (AvgIpc) is 3.29. The maximum absolute atomic E-state index is 12.8. The molecule has 0 radical (unpaired) electrons. The average molecular weight is 409 g/mol. The summed E-state index contributed by atoms with van der Waals surface area (Å²) in [7, 11) is 0. The highest BCUT2D eigenvalue weighted by molar-refractivity contribution is 5.84. The van der Waals surface area contributed by atoms with Crippen LogP contribution in [0.2, 0.25) is 0 Å². The molecule has 1 amide bonds. The van der Waals surface area contributed by atoms with E-state index in [2.05, 4.69) is 29.2 Å². The lowest BCUT2D eigenvalue weighted by molar-refractivity contribution is -0.129. The van der Waals surface area contributed by atoms with Gasteiger partial charge in [-0.25, -0.2) is 0 Å². The molecule has 5 rings (SSSR count). The van der Waals surface area contributed by atoms with Gasteiger partial charge in [-0.2, -0.15) is 0 Å². The zero-order chi connectivity index (χ0) is 21.0. The van der Waals surface area contributed by atoms with Gasteiger partial charge in [0, 0.05) is 24.5 Å². The predicted octanol–water partition coefficient (Wildman–Crippen LogP) is 5.12. The number of likely N-dealkylation sites (tertiary alicyclic amines) is 1. The molecule has 1 aliphatic heterocycles. The summed E-state index contributed by atoms with van der Waals surface area (Å²) in [6, 6.07) is 28.5. The minimum atomic E-state index is -0.00277. The quantitative estimate of drug-likeness (QED) is 0.460. The Morgan fingerprint density at radius 2 is 1.68 bits per heavy atom. The summed E-state index contributed by atoms with van der Waals surface area (Å²) in [5, 5.41) is 1.06. The number of hydrogen-bond acceptors (Lipinski definition) is 3. The lowest BCUT2D eigenvalue weighted by atomic mass is 10.0. The number of nitrogens with zero attached hydrogens (tertiary/aromatic N) is 2. The van der Waals surface area contributed by atoms with Crippen molar-refractivity contribution in [2.75, 3.05) is 13.1 Å². The van der Waals surface area contributed by atoms with Crippen molar-refractivity contribution in [3.05, 3.63) is 96.7 Å². The number of hydrogen-bond donors (Lipinski definition) is 0. The summed E-state index contributed by atoms with van der Waals surface area (Å²) < 4.78 is 6.23. The van der Waals surface area contributed by atoms with E-state index < -0.39 is 0 Å². The van der Waals surface area contributed by atoms with Crippen molar-refractivity contribution in [2.24, 2.45) is 0 Å². The molecule has 2 heterocycles. The molecule has 1 aliphatic rings. The van der Waals surface area contributed by atoms with Gasteiger partial charge >= 0.3 is 0 Å². The topological polar surface area (TPSA) is 42.4 Å². The lowest BCUT2D eigenvalue weighted by Crippen LogP contribution is -2.32. The molecular weight excluding hydrogens is 384 g/mol. The first kappa shape index (κ1) is 19.3. The van der Waals surface area contributed by atoms with Crippen LogP contribution < -0.4 is 4.74 Å². The molecule has 4 nitrogen and oxygen atoms in total. The molecule has 1 aromatic heterocycles. The lowest BCUT2D eigenvalue weighted by Gasteiger charge is -2.18. The first-order valence-electron chi connectivity index (χ1n) is 10.7. The molecule has 0 aliphatic carbocycles. The third-order valence-electron chi connectivity index (χ3n) is 5.80. The van der Waals surface area contributed by atoms with E-state index in [9.17, 15) is 4.79 Å². The Morgan fingerprint density at radius 3 is 2.52 bits per heavy atom. The standard InChI is InChI=1S/C27H24N2O2/c30-26(18-20-11-13-22(14-12-20)21-6-2-1-3-7-21)29-17-15-24(19-29)31-25-10-4-8-23-9-5-16-28-27(23)25/h1-14,16,24H,15,17-19H2. The van der Waals surface area contributed by atoms with Crippen LogP contribution in [0, 0.1) is 0 Å². The number of rotatable bonds is 5. The third-order valence-corrected chi connectivity index (χ3v) is 5.80. The molecule has 1 fully saturated rings. The highest BCUT2D eigenvalue weighted by Crippen LogP contribution is 2.26. The van der Waals surface area contributed by atoms with Crippen LogP contribution in [-0.2, 0) is 11.2 Å². The molecule has 0 N–H and O–H groups in total. The summed E-state index contributed by atoms with van der Waals surface area (Å²) >= 11 is 0. The Bertz CT molecular complexity index is 1180. The zero-order valence-electron chi connectivity index (χ0n) is 17.3. The number of para-hydroxylation sites is 1. The van der Waals surface area contributed by atoms with Crippen molar-refractivity contribution in [1.29, 1.82) is 0 Å². The summed E-state index contributed by atoms with van der Waals surface area (Å²) in [6.07, 6.45) is 3.03. The fourth-order valence-corrected chi connectivity index (χ4v) is 4.13. The molecule has 1 atom stereocenters. The SMILES string of the molecule is O=C(Cc1ccc(-c2ccccc2)cc1)N1CCC(Oc2cccc3cccnc23)C1. The van der Waals surface area contributed by atoms with E-state index in [-0.39, 0.29) is 12.0 Å². The third kappa shape index (κ3) is 4.29. The van der Waals surface area contributed by atoms with Crippen LogP contribution in [-0.4, -0.2) is 35.0 Å². The van der Waals surface area contributed by atoms with Gasteiger partial charge in [0.25, 0.3) is 0 Å². The molecule has 4 heteroatoms. The van der Waals surface area contributed by atoms with E-state index >= 15 is 0 Å². The van der Waals surface area contributed by atoms with Crippen molar-refractivity contribution < 1.29 is 9.53 Å². The Labute approximate surface area is 182 Å². The van der Waals surface area contributed by atoms with Crippen molar-refractivity contribution in [1.82, 2.24) is 9.88 Å². The van der Waals surface area contributed by atoms with E-state index in [4.69, 9.17) is 4.74 Å². The number of aromatic nitrogens is 1. The molecule has 1 unspecified atom stereocenters. The fourth-order valence-electron chi connectivity index (χ4n) is 4.13. The van der Waals surface area contributed by atoms with Crippen LogP contribution in [0.1, 0.15) is 12.0 Å². The number of benzene rings is 3. The first-order valence-corrected chi connectivity index (χ1v) is 10.7. The van der Waals surface area contributed by atoms with Crippen molar-refractivity contribution >= 4 is 16.8 Å². The largest absolute Gasteiger partial charge is 0.486 e. The maximum Gasteiger partial charge on any atom is 0.227 e. The van der Waals surface area contributed by atoms with E-state index in [1.54, 1.807) is 6.20 Å². The molecule has 154 valence electrons. The number of ether oxygens (including phenoxy) is 1. The molecule has 4 aromatic rings. The molecule has 3 aromatic carbocycles. The molecule has 31 heavy (non-hydrogen) atoms. The van der Waals surface area contributed by atoms with Crippen LogP contribution in [0.25, 0.3) is 22.0 Å². The summed E-state index contributed by atoms with van der Waals surface area (Å²) in [6.45, 7) is 1.34. The second kappa shape index (κ2) is 8.60. The highest BCUT2D eigenvalue weighted by Gasteiger charge is 2.28. The predicted molar refractivity (Wildman–Crippen MR) is 123 cm³/mol. The Morgan fingerprint density at radius 1 is 0.903 bits per heavy atom. The smallest absolute Gasteiger partial charge is 0.227 e. The van der Waals surface area contributed by atoms with Crippen LogP contribution in [0.15, 0.2) is 91.1 Å². The summed E-state index contributed by atoms with van der Waals surface area (Å²) in [5.41, 5.74) is 4.25. The second-order valence-corrected chi connectivity index (χ2v) is 7.94. The molecule has 0 bridgehead atoms. The van der Waals surface area contributed by atoms with Crippen molar-refractivity contribution in [3.63, 3.8) is 0 Å². The number of carbonyl (C=O) groups is 1. The van der Waals surface area contributed by atoms with Gasteiger partial charge in [0.05, 0.1) is 13.0 Å². The molecular formula is C27H24N2O2. The number of pyridine rings is 1. The van der Waals surface area contributed by atoms with Gasteiger partial charge < -0.3 is 9.64 Å². The van der Waals surface area contributed by atoms with Crippen molar-refractivity contribution in [2.45, 2.75) is 18.9 Å². The van der Waals surface area contributed by atoms with Gasteiger partial charge in [-0.1, -0.05) is 72.8 Å². The zero-order valence-corrected chi connectivity index (χ0v) is 17.3. The minimum absolute atomic E-state index is 0.00277. The number of amides is 1. The van der Waals surface area contributed by atoms with Crippen LogP contribution >= 0.6 is 0 Å². The van der Waals surface area contributed by atoms with Gasteiger partial charge in [-0.3, -0.25) is 9.78 Å². The molecule has 0 spiro atoms. The summed E-state index contributed by atoms with van der Waals surface area (Å²) in [4.78, 5) is 19.2. The maximum atomic E-state index is 12.8. The highest BCUT2D eigenvalue weighted by atomic mass is 16.5. The monoisotopic (exact) mass is 408 g/mol. The normalized spacial score (nSPS) is 15.9. The van der Waals surface area contributed by atoms with Crippen LogP contribution in [0.4, 0.5) is 0 Å². The van der Waals surface area contributed by atoms with Gasteiger partial charge in [-0.15, -0.1) is 0 Å². The van der Waals surface area contributed by atoms with Gasteiger partial charge in [0.1, 0.15) is 17.4 Å². The van der Waals surface area contributed by atoms with Crippen LogP contribution in [0.3, 0.4) is 0 Å². The minimum Gasteiger partial charge on any atom is -0.486 e. The van der Waals surface area contributed by atoms with Gasteiger partial charge in [0.15, 0.2) is 0 Å². The number of fused-ring (bicyclic) bond motifs is 1. The fraction of sp³-hybridized carbons (Fsp3) is 0.185. The van der Waals surface area contributed by atoms with Gasteiger partial charge in [-0.05, 0) is 28.8 Å². The second-order valence-electron chi connectivity index (χ2n) is 7.94. The molecule has 0 saturated carbocycles. The van der Waals surface area contributed by atoms with Crippen molar-refractivity contribution in [3.8, 4) is 16.9 Å². The van der Waals surface area contributed by atoms with E-state index in [1.807, 2.05) is 65.6 Å². The van der Waals surface area contributed by atoms with E-state index in [0.29, 0.717) is 13.0 Å². The van der Waals surface area contributed by atoms with E-state index in [1.165, 1.54) is 5.56 Å². The summed E-state index contributed by atoms with van der Waals surface area (Å²) in [5.74, 6) is 0.934. The Balaban J connectivity index is 1.20. The molecule has 1 saturated heterocycles. The van der Waals surface area contributed by atoms with E-state index in [0.717, 1.165) is 40.7 Å². The number of carbonyl (C=O) groups excluding carboxylic acids is 1. The van der Waals surface area contributed by atoms with Crippen LogP contribution in [0.5, 0.6) is 5.75 Å². The Hall–Kier alpha value is -3.66. The van der Waals surface area contributed by atoms with Gasteiger partial charge in [0.2, 0.25) is 5.91 Å².